The Morgan fingerprint density at radius 2 is 1.24 bits per heavy atom. The zero-order valence-electron chi connectivity index (χ0n) is 23.3. The van der Waals surface area contributed by atoms with Crippen molar-refractivity contribution in [2.75, 3.05) is 42.5 Å². The fourth-order valence-corrected chi connectivity index (χ4v) is 5.24. The van der Waals surface area contributed by atoms with E-state index >= 15 is 0 Å². The summed E-state index contributed by atoms with van der Waals surface area (Å²) in [5.74, 6) is -0.780. The Morgan fingerprint density at radius 3 is 1.84 bits per heavy atom. The van der Waals surface area contributed by atoms with Gasteiger partial charge in [-0.2, -0.15) is 31.8 Å². The van der Waals surface area contributed by atoms with Crippen LogP contribution in [0.5, 0.6) is 0 Å². The zero-order valence-corrected chi connectivity index (χ0v) is 24.9. The summed E-state index contributed by atoms with van der Waals surface area (Å²) >= 11 is 0. The lowest BCUT2D eigenvalue weighted by molar-refractivity contribution is -0.106. The number of para-hydroxylation sites is 1. The lowest BCUT2D eigenvalue weighted by Crippen LogP contribution is -2.29. The number of hydrogen-bond donors (Lipinski definition) is 5. The van der Waals surface area contributed by atoms with Crippen LogP contribution in [0.1, 0.15) is 11.1 Å². The van der Waals surface area contributed by atoms with Gasteiger partial charge in [0, 0.05) is 5.69 Å². The fourth-order valence-electron chi connectivity index (χ4n) is 3.61. The average molecular weight is 661 g/mol. The molecule has 18 heteroatoms. The van der Waals surface area contributed by atoms with Gasteiger partial charge in [0.25, 0.3) is 22.0 Å². The lowest BCUT2D eigenvalue weighted by atomic mass is 10.1. The third-order valence-corrected chi connectivity index (χ3v) is 7.63. The van der Waals surface area contributed by atoms with Gasteiger partial charge in [-0.3, -0.25) is 4.55 Å². The van der Waals surface area contributed by atoms with Crippen LogP contribution in [0.25, 0.3) is 12.2 Å². The van der Waals surface area contributed by atoms with Gasteiger partial charge in [-0.15, -0.1) is 4.28 Å². The van der Waals surface area contributed by atoms with E-state index in [0.717, 1.165) is 0 Å². The van der Waals surface area contributed by atoms with Crippen LogP contribution in [-0.2, 0) is 34.2 Å². The molecule has 0 atom stereocenters. The van der Waals surface area contributed by atoms with E-state index in [1.54, 1.807) is 42.5 Å². The van der Waals surface area contributed by atoms with Gasteiger partial charge in [-0.05, 0) is 35.4 Å². The Labute approximate surface area is 258 Å². The smallest absolute Gasteiger partial charge is 0.318 e. The first-order chi connectivity index (χ1) is 21.6. The Hall–Kier alpha value is -4.53. The van der Waals surface area contributed by atoms with E-state index in [0.29, 0.717) is 10.9 Å². The predicted octanol–water partition coefficient (Wildman–Crippen LogP) is 2.42. The Balaban J connectivity index is 1.63. The molecule has 0 fully saturated rings. The van der Waals surface area contributed by atoms with Gasteiger partial charge in [-0.1, -0.05) is 72.0 Å². The average Bonchev–Trinajstić information content (AvgIpc) is 3.03. The van der Waals surface area contributed by atoms with Crippen LogP contribution >= 0.6 is 0 Å². The van der Waals surface area contributed by atoms with Crippen molar-refractivity contribution in [3.8, 4) is 0 Å². The third-order valence-electron chi connectivity index (χ3n) is 5.49. The summed E-state index contributed by atoms with van der Waals surface area (Å²) in [4.78, 5) is 22.3. The normalized spacial score (nSPS) is 11.9. The monoisotopic (exact) mass is 660 g/mol. The number of aliphatic hydroxyl groups excluding tert-OH is 2. The minimum atomic E-state index is -4.56. The molecule has 0 spiro atoms. The molecule has 0 aliphatic rings. The number of nitrogens with zero attached hydrogens (tertiary/aromatic N) is 4. The van der Waals surface area contributed by atoms with Crippen molar-refractivity contribution >= 4 is 55.9 Å². The highest BCUT2D eigenvalue weighted by molar-refractivity contribution is 7.87. The predicted molar refractivity (Wildman–Crippen MR) is 162 cm³/mol. The maximum Gasteiger partial charge on any atom is 0.318 e. The van der Waals surface area contributed by atoms with Crippen LogP contribution in [0.4, 0.5) is 23.5 Å². The van der Waals surface area contributed by atoms with Crippen LogP contribution < -0.4 is 16.0 Å². The maximum absolute atomic E-state index is 13.3. The first-order valence-electron chi connectivity index (χ1n) is 13.0. The summed E-state index contributed by atoms with van der Waals surface area (Å²) in [5, 5.41) is 22.0. The molecule has 5 N–H and O–H groups in total. The van der Waals surface area contributed by atoms with Gasteiger partial charge in [0.15, 0.2) is 0 Å². The molecule has 0 aliphatic heterocycles. The summed E-state index contributed by atoms with van der Waals surface area (Å²) in [5.41, 5.74) is 3.01. The Kier molecular flexibility index (Phi) is 11.5. The molecule has 3 aromatic carbocycles. The molecule has 0 saturated carbocycles. The van der Waals surface area contributed by atoms with Gasteiger partial charge in [0.2, 0.25) is 5.95 Å². The number of nitrogens with one attached hydrogen (secondary N) is 2. The van der Waals surface area contributed by atoms with E-state index in [2.05, 4.69) is 25.7 Å². The molecule has 0 unspecified atom stereocenters. The third kappa shape index (κ3) is 9.48. The zero-order chi connectivity index (χ0) is 32.3. The Morgan fingerprint density at radius 1 is 0.711 bits per heavy atom. The van der Waals surface area contributed by atoms with E-state index < -0.39 is 26.2 Å². The molecule has 238 valence electrons. The largest absolute Gasteiger partial charge is 0.394 e. The van der Waals surface area contributed by atoms with E-state index in [1.165, 1.54) is 48.6 Å². The van der Waals surface area contributed by atoms with Crippen LogP contribution in [0, 0.1) is 0 Å². The number of anilines is 4. The highest BCUT2D eigenvalue weighted by Crippen LogP contribution is 2.24. The Bertz CT molecular complexity index is 1820. The molecule has 1 aromatic heterocycles. The van der Waals surface area contributed by atoms with Gasteiger partial charge >= 0.3 is 10.1 Å². The standard InChI is InChI=1S/C27H28N6O10S2/c34-16-18-41-33(42-19-17-35)27-30-25(28-22-10-2-1-3-11-22)29-26(31-27)32-43-45(39,40)24-13-7-5-9-21(24)15-14-20-8-4-6-12-23(20)44(36,37)38/h1-15,34-35H,16-19H2,(H,36,37,38)(H2,28,29,30,31,32). The molecular formula is C27H28N6O10S2. The van der Waals surface area contributed by atoms with Crippen molar-refractivity contribution in [3.05, 3.63) is 90.0 Å². The molecule has 0 radical (unpaired) electrons. The van der Waals surface area contributed by atoms with Crippen LogP contribution in [0.15, 0.2) is 88.7 Å². The van der Waals surface area contributed by atoms with Crippen LogP contribution in [0.2, 0.25) is 0 Å². The minimum Gasteiger partial charge on any atom is -0.394 e. The summed E-state index contributed by atoms with van der Waals surface area (Å²) in [6.07, 6.45) is 2.68. The second-order valence-corrected chi connectivity index (χ2v) is 11.6. The number of aromatic nitrogens is 3. The quantitative estimate of drug-likeness (QED) is 0.0661. The molecule has 45 heavy (non-hydrogen) atoms. The minimum absolute atomic E-state index is 0.0827. The topological polar surface area (TPSA) is 223 Å². The molecule has 4 aromatic rings. The van der Waals surface area contributed by atoms with Crippen molar-refractivity contribution in [2.45, 2.75) is 9.79 Å². The molecule has 0 saturated heterocycles. The maximum atomic E-state index is 13.3. The first-order valence-corrected chi connectivity index (χ1v) is 15.8. The van der Waals surface area contributed by atoms with Gasteiger partial charge in [-0.25, -0.2) is 15.2 Å². The number of aliphatic hydroxyl groups is 2. The second kappa shape index (κ2) is 15.5. The highest BCUT2D eigenvalue weighted by Gasteiger charge is 2.22. The van der Waals surface area contributed by atoms with Crippen molar-refractivity contribution in [1.29, 1.82) is 0 Å². The van der Waals surface area contributed by atoms with Crippen molar-refractivity contribution in [2.24, 2.45) is 0 Å². The summed E-state index contributed by atoms with van der Waals surface area (Å²) in [6, 6.07) is 20.1. The van der Waals surface area contributed by atoms with E-state index in [1.807, 2.05) is 0 Å². The molecule has 0 amide bonds. The van der Waals surface area contributed by atoms with Crippen LogP contribution in [0.3, 0.4) is 0 Å². The van der Waals surface area contributed by atoms with E-state index in [-0.39, 0.29) is 59.2 Å². The number of rotatable bonds is 16. The molecule has 0 aliphatic carbocycles. The highest BCUT2D eigenvalue weighted by atomic mass is 32.2. The van der Waals surface area contributed by atoms with E-state index in [4.69, 9.17) is 14.0 Å². The first kappa shape index (κ1) is 33.4. The van der Waals surface area contributed by atoms with Crippen LogP contribution in [-0.4, -0.2) is 73.0 Å². The molecular weight excluding hydrogens is 632 g/mol. The van der Waals surface area contributed by atoms with Gasteiger partial charge in [0.1, 0.15) is 23.0 Å². The molecule has 1 heterocycles. The summed E-state index contributed by atoms with van der Waals surface area (Å²) in [7, 11) is -9.09. The molecule has 16 nitrogen and oxygen atoms in total. The number of hydrogen-bond acceptors (Lipinski definition) is 15. The summed E-state index contributed by atoms with van der Waals surface area (Å²) < 4.78 is 64.6. The van der Waals surface area contributed by atoms with Gasteiger partial charge in [0.05, 0.1) is 13.2 Å². The van der Waals surface area contributed by atoms with Crippen molar-refractivity contribution < 1.29 is 45.6 Å². The van der Waals surface area contributed by atoms with Crippen molar-refractivity contribution in [1.82, 2.24) is 15.0 Å². The fraction of sp³-hybridized carbons (Fsp3) is 0.148. The molecule has 0 bridgehead atoms. The van der Waals surface area contributed by atoms with Gasteiger partial charge < -0.3 is 15.5 Å². The lowest BCUT2D eigenvalue weighted by Gasteiger charge is -2.20. The molecule has 4 rings (SSSR count). The second-order valence-electron chi connectivity index (χ2n) is 8.67. The number of benzene rings is 3. The van der Waals surface area contributed by atoms with E-state index in [9.17, 15) is 31.6 Å². The van der Waals surface area contributed by atoms with Crippen molar-refractivity contribution in [3.63, 3.8) is 0 Å². The SMILES string of the molecule is O=S(=O)(O)c1ccccc1C=Cc1ccccc1S(=O)(=O)ONc1nc(Nc2ccccc2)nc(N(OCCO)OCCO)n1. The summed E-state index contributed by atoms with van der Waals surface area (Å²) in [6.45, 7) is -1.24.